The molecule has 1 aromatic rings. The normalized spacial score (nSPS) is 18.8. The summed E-state index contributed by atoms with van der Waals surface area (Å²) in [6, 6.07) is 5.41. The minimum absolute atomic E-state index is 0.0352. The zero-order chi connectivity index (χ0) is 16.1. The van der Waals surface area contributed by atoms with Crippen molar-refractivity contribution in [2.45, 2.75) is 32.7 Å². The molecule has 0 aliphatic carbocycles. The van der Waals surface area contributed by atoms with Gasteiger partial charge in [0.2, 0.25) is 5.91 Å². The Labute approximate surface area is 135 Å². The SMILES string of the molecule is CCN(C[C@H](C)C#N)C(=O)[C@@H]1CCCN1C(=O)c1cccs1. The molecule has 1 fully saturated rings. The van der Waals surface area contributed by atoms with Crippen LogP contribution in [-0.4, -0.2) is 47.3 Å². The second-order valence-corrected chi connectivity index (χ2v) is 6.49. The molecule has 0 bridgehead atoms. The summed E-state index contributed by atoms with van der Waals surface area (Å²) in [5, 5.41) is 10.8. The molecule has 1 aliphatic heterocycles. The fourth-order valence-electron chi connectivity index (χ4n) is 2.77. The second kappa shape index (κ2) is 7.41. The van der Waals surface area contributed by atoms with Crippen LogP contribution in [0.1, 0.15) is 36.4 Å². The van der Waals surface area contributed by atoms with E-state index >= 15 is 0 Å². The van der Waals surface area contributed by atoms with Gasteiger partial charge in [-0.25, -0.2) is 0 Å². The van der Waals surface area contributed by atoms with E-state index in [1.807, 2.05) is 18.4 Å². The quantitative estimate of drug-likeness (QED) is 0.837. The number of nitriles is 1. The molecule has 2 amide bonds. The fraction of sp³-hybridized carbons (Fsp3) is 0.562. The van der Waals surface area contributed by atoms with Crippen molar-refractivity contribution >= 4 is 23.2 Å². The lowest BCUT2D eigenvalue weighted by Gasteiger charge is -2.30. The van der Waals surface area contributed by atoms with Crippen molar-refractivity contribution in [1.82, 2.24) is 9.80 Å². The molecular formula is C16H21N3O2S. The van der Waals surface area contributed by atoms with Crippen LogP contribution >= 0.6 is 11.3 Å². The molecule has 1 saturated heterocycles. The van der Waals surface area contributed by atoms with E-state index in [1.54, 1.807) is 22.8 Å². The van der Waals surface area contributed by atoms with E-state index in [4.69, 9.17) is 5.26 Å². The Bertz CT molecular complexity index is 564. The smallest absolute Gasteiger partial charge is 0.264 e. The third-order valence-corrected chi connectivity index (χ3v) is 4.80. The van der Waals surface area contributed by atoms with Crippen molar-refractivity contribution in [3.63, 3.8) is 0 Å². The van der Waals surface area contributed by atoms with Crippen molar-refractivity contribution in [3.8, 4) is 6.07 Å². The molecule has 5 nitrogen and oxygen atoms in total. The number of likely N-dealkylation sites (tertiary alicyclic amines) is 1. The van der Waals surface area contributed by atoms with Crippen LogP contribution in [0, 0.1) is 17.2 Å². The molecular weight excluding hydrogens is 298 g/mol. The molecule has 0 aromatic carbocycles. The third-order valence-electron chi connectivity index (χ3n) is 3.94. The van der Waals surface area contributed by atoms with Gasteiger partial charge < -0.3 is 9.80 Å². The van der Waals surface area contributed by atoms with Gasteiger partial charge in [0.1, 0.15) is 6.04 Å². The molecule has 1 aromatic heterocycles. The van der Waals surface area contributed by atoms with Gasteiger partial charge in [0.25, 0.3) is 5.91 Å². The summed E-state index contributed by atoms with van der Waals surface area (Å²) < 4.78 is 0. The summed E-state index contributed by atoms with van der Waals surface area (Å²) in [6.45, 7) is 5.31. The maximum Gasteiger partial charge on any atom is 0.264 e. The Morgan fingerprint density at radius 3 is 2.95 bits per heavy atom. The molecule has 2 rings (SSSR count). The second-order valence-electron chi connectivity index (χ2n) is 5.54. The van der Waals surface area contributed by atoms with Gasteiger partial charge in [-0.15, -0.1) is 11.3 Å². The minimum atomic E-state index is -0.388. The Kier molecular flexibility index (Phi) is 5.56. The predicted molar refractivity (Wildman–Crippen MR) is 85.4 cm³/mol. The van der Waals surface area contributed by atoms with Crippen LogP contribution < -0.4 is 0 Å². The van der Waals surface area contributed by atoms with E-state index in [-0.39, 0.29) is 23.8 Å². The summed E-state index contributed by atoms with van der Waals surface area (Å²) >= 11 is 1.40. The first-order valence-corrected chi connectivity index (χ1v) is 8.49. The first-order valence-electron chi connectivity index (χ1n) is 7.61. The Balaban J connectivity index is 2.10. The molecule has 22 heavy (non-hydrogen) atoms. The van der Waals surface area contributed by atoms with Crippen LogP contribution in [-0.2, 0) is 4.79 Å². The lowest BCUT2D eigenvalue weighted by Crippen LogP contribution is -2.48. The fourth-order valence-corrected chi connectivity index (χ4v) is 3.44. The van der Waals surface area contributed by atoms with E-state index in [0.29, 0.717) is 30.9 Å². The van der Waals surface area contributed by atoms with Crippen LogP contribution in [0.5, 0.6) is 0 Å². The van der Waals surface area contributed by atoms with Gasteiger partial charge in [0.05, 0.1) is 16.9 Å². The minimum Gasteiger partial charge on any atom is -0.340 e. The maximum absolute atomic E-state index is 12.7. The Hall–Kier alpha value is -1.87. The standard InChI is InChI=1S/C16H21N3O2S/c1-3-18(11-12(2)10-17)15(20)13-6-4-8-19(13)16(21)14-7-5-9-22-14/h5,7,9,12-13H,3-4,6,8,11H2,1-2H3/t12-,13+/m1/s1. The molecule has 2 atom stereocenters. The highest BCUT2D eigenvalue weighted by molar-refractivity contribution is 7.12. The van der Waals surface area contributed by atoms with Crippen molar-refractivity contribution in [3.05, 3.63) is 22.4 Å². The highest BCUT2D eigenvalue weighted by Crippen LogP contribution is 2.24. The molecule has 0 spiro atoms. The summed E-state index contributed by atoms with van der Waals surface area (Å²) in [5.41, 5.74) is 0. The van der Waals surface area contributed by atoms with Crippen LogP contribution in [0.15, 0.2) is 17.5 Å². The van der Waals surface area contributed by atoms with Gasteiger partial charge in [-0.1, -0.05) is 6.07 Å². The van der Waals surface area contributed by atoms with Crippen molar-refractivity contribution in [2.75, 3.05) is 19.6 Å². The van der Waals surface area contributed by atoms with Crippen LogP contribution in [0.2, 0.25) is 0 Å². The first kappa shape index (κ1) is 16.5. The predicted octanol–water partition coefficient (Wildman–Crippen LogP) is 2.36. The summed E-state index contributed by atoms with van der Waals surface area (Å²) in [4.78, 5) is 29.3. The topological polar surface area (TPSA) is 64.4 Å². The largest absolute Gasteiger partial charge is 0.340 e. The van der Waals surface area contributed by atoms with Gasteiger partial charge >= 0.3 is 0 Å². The Morgan fingerprint density at radius 2 is 2.36 bits per heavy atom. The van der Waals surface area contributed by atoms with Gasteiger partial charge in [0, 0.05) is 19.6 Å². The van der Waals surface area contributed by atoms with Crippen LogP contribution in [0.3, 0.4) is 0 Å². The molecule has 6 heteroatoms. The molecule has 0 unspecified atom stereocenters. The molecule has 0 saturated carbocycles. The molecule has 0 radical (unpaired) electrons. The molecule has 118 valence electrons. The third kappa shape index (κ3) is 3.47. The number of nitrogens with zero attached hydrogens (tertiary/aromatic N) is 3. The number of rotatable bonds is 5. The van der Waals surface area contributed by atoms with E-state index in [2.05, 4.69) is 6.07 Å². The van der Waals surface area contributed by atoms with Crippen LogP contribution in [0.4, 0.5) is 0 Å². The molecule has 1 aliphatic rings. The summed E-state index contributed by atoms with van der Waals surface area (Å²) in [6.07, 6.45) is 1.55. The number of thiophene rings is 1. The lowest BCUT2D eigenvalue weighted by atomic mass is 10.1. The number of carbonyl (C=O) groups excluding carboxylic acids is 2. The molecule has 2 heterocycles. The van der Waals surface area contributed by atoms with Gasteiger partial charge in [-0.05, 0) is 38.1 Å². The van der Waals surface area contributed by atoms with Gasteiger partial charge in [-0.2, -0.15) is 5.26 Å². The number of carbonyl (C=O) groups is 2. The number of likely N-dealkylation sites (N-methyl/N-ethyl adjacent to an activating group) is 1. The average molecular weight is 319 g/mol. The monoisotopic (exact) mass is 319 g/mol. The maximum atomic E-state index is 12.7. The van der Waals surface area contributed by atoms with Crippen molar-refractivity contribution in [2.24, 2.45) is 5.92 Å². The lowest BCUT2D eigenvalue weighted by molar-refractivity contribution is -0.135. The number of hydrogen-bond acceptors (Lipinski definition) is 4. The van der Waals surface area contributed by atoms with Gasteiger partial charge in [0.15, 0.2) is 0 Å². The van der Waals surface area contributed by atoms with Gasteiger partial charge in [-0.3, -0.25) is 9.59 Å². The number of hydrogen-bond donors (Lipinski definition) is 0. The number of amides is 2. The van der Waals surface area contributed by atoms with E-state index in [0.717, 1.165) is 6.42 Å². The zero-order valence-corrected chi connectivity index (χ0v) is 13.8. The van der Waals surface area contributed by atoms with Crippen LogP contribution in [0.25, 0.3) is 0 Å². The van der Waals surface area contributed by atoms with E-state index in [1.165, 1.54) is 11.3 Å². The van der Waals surface area contributed by atoms with Crippen molar-refractivity contribution in [1.29, 1.82) is 5.26 Å². The first-order chi connectivity index (χ1) is 10.6. The Morgan fingerprint density at radius 1 is 1.59 bits per heavy atom. The van der Waals surface area contributed by atoms with E-state index in [9.17, 15) is 9.59 Å². The highest BCUT2D eigenvalue weighted by Gasteiger charge is 2.37. The zero-order valence-electron chi connectivity index (χ0n) is 13.0. The molecule has 0 N–H and O–H groups in total. The average Bonchev–Trinajstić information content (AvgIpc) is 3.21. The summed E-state index contributed by atoms with van der Waals surface area (Å²) in [7, 11) is 0. The highest BCUT2D eigenvalue weighted by atomic mass is 32.1. The van der Waals surface area contributed by atoms with E-state index < -0.39 is 0 Å². The van der Waals surface area contributed by atoms with Crippen molar-refractivity contribution < 1.29 is 9.59 Å². The summed E-state index contributed by atoms with van der Waals surface area (Å²) in [5.74, 6) is -0.297.